The topological polar surface area (TPSA) is 54.9 Å². The maximum atomic E-state index is 12.7. The Morgan fingerprint density at radius 2 is 1.86 bits per heavy atom. The van der Waals surface area contributed by atoms with Gasteiger partial charge in [0.1, 0.15) is 15.7 Å². The summed E-state index contributed by atoms with van der Waals surface area (Å²) < 4.78 is 0. The van der Waals surface area contributed by atoms with E-state index in [1.807, 2.05) is 19.9 Å². The molecule has 0 aliphatic heterocycles. The van der Waals surface area contributed by atoms with E-state index in [0.717, 1.165) is 33.9 Å². The van der Waals surface area contributed by atoms with Gasteiger partial charge in [0.2, 0.25) is 5.91 Å². The largest absolute Gasteiger partial charge is 0.353 e. The maximum Gasteiger partial charge on any atom is 0.233 e. The number of thioether (sulfide) groups is 1. The van der Waals surface area contributed by atoms with Gasteiger partial charge in [-0.3, -0.25) is 4.79 Å². The zero-order valence-corrected chi connectivity index (χ0v) is 18.7. The molecule has 0 unspecified atom stereocenters. The van der Waals surface area contributed by atoms with Crippen LogP contribution in [0, 0.1) is 20.8 Å². The molecule has 0 radical (unpaired) electrons. The van der Waals surface area contributed by atoms with E-state index < -0.39 is 0 Å². The van der Waals surface area contributed by atoms with Gasteiger partial charge in [0.05, 0.1) is 5.25 Å². The van der Waals surface area contributed by atoms with E-state index in [2.05, 4.69) is 60.3 Å². The third kappa shape index (κ3) is 4.92. The Morgan fingerprint density at radius 3 is 2.57 bits per heavy atom. The van der Waals surface area contributed by atoms with Gasteiger partial charge in [0.25, 0.3) is 0 Å². The van der Waals surface area contributed by atoms with Gasteiger partial charge in [-0.1, -0.05) is 42.1 Å². The summed E-state index contributed by atoms with van der Waals surface area (Å²) in [4.78, 5) is 24.2. The highest BCUT2D eigenvalue weighted by molar-refractivity contribution is 8.00. The fourth-order valence-electron chi connectivity index (χ4n) is 3.08. The summed E-state index contributed by atoms with van der Waals surface area (Å²) in [6.07, 6.45) is 1.88. The fourth-order valence-corrected chi connectivity index (χ4v) is 5.28. The van der Waals surface area contributed by atoms with Crippen molar-refractivity contribution >= 4 is 39.2 Å². The minimum Gasteiger partial charge on any atom is -0.353 e. The molecule has 28 heavy (non-hydrogen) atoms. The number of aryl methyl sites for hydroxylation is 4. The molecule has 0 fully saturated rings. The van der Waals surface area contributed by atoms with Crippen molar-refractivity contribution in [2.75, 3.05) is 0 Å². The Morgan fingerprint density at radius 1 is 1.14 bits per heavy atom. The molecule has 0 aliphatic carbocycles. The van der Waals surface area contributed by atoms with Crippen molar-refractivity contribution in [3.05, 3.63) is 52.2 Å². The second kappa shape index (κ2) is 9.05. The quantitative estimate of drug-likeness (QED) is 0.425. The van der Waals surface area contributed by atoms with Gasteiger partial charge in [-0.2, -0.15) is 0 Å². The van der Waals surface area contributed by atoms with Crippen LogP contribution in [-0.4, -0.2) is 27.2 Å². The van der Waals surface area contributed by atoms with Crippen molar-refractivity contribution in [1.82, 2.24) is 15.3 Å². The molecule has 1 N–H and O–H groups in total. The molecule has 0 bridgehead atoms. The second-order valence-electron chi connectivity index (χ2n) is 7.23. The fraction of sp³-hybridized carbons (Fsp3) is 0.409. The monoisotopic (exact) mass is 413 g/mol. The summed E-state index contributed by atoms with van der Waals surface area (Å²) >= 11 is 3.22. The summed E-state index contributed by atoms with van der Waals surface area (Å²) in [7, 11) is 0. The normalized spacial score (nSPS) is 13.5. The Balaban J connectivity index is 1.63. The molecule has 0 aliphatic rings. The lowest BCUT2D eigenvalue weighted by atomic mass is 10.1. The number of rotatable bonds is 7. The van der Waals surface area contributed by atoms with Gasteiger partial charge >= 0.3 is 0 Å². The lowest BCUT2D eigenvalue weighted by Crippen LogP contribution is -2.37. The van der Waals surface area contributed by atoms with E-state index >= 15 is 0 Å². The van der Waals surface area contributed by atoms with Gasteiger partial charge in [0, 0.05) is 16.3 Å². The number of amides is 1. The molecule has 6 heteroatoms. The third-order valence-electron chi connectivity index (χ3n) is 4.86. The number of aromatic nitrogens is 2. The lowest BCUT2D eigenvalue weighted by molar-refractivity contribution is -0.120. The highest BCUT2D eigenvalue weighted by Crippen LogP contribution is 2.36. The van der Waals surface area contributed by atoms with Crippen LogP contribution in [0.3, 0.4) is 0 Å². The number of thiophene rings is 1. The van der Waals surface area contributed by atoms with Gasteiger partial charge in [-0.15, -0.1) is 11.3 Å². The van der Waals surface area contributed by atoms with E-state index in [4.69, 9.17) is 0 Å². The maximum absolute atomic E-state index is 12.7. The number of hydrogen-bond donors (Lipinski definition) is 1. The van der Waals surface area contributed by atoms with Crippen LogP contribution in [0.15, 0.2) is 35.4 Å². The zero-order chi connectivity index (χ0) is 20.3. The van der Waals surface area contributed by atoms with Crippen LogP contribution >= 0.6 is 23.1 Å². The minimum atomic E-state index is -0.212. The molecular formula is C22H27N3OS2. The molecule has 3 rings (SSSR count). The first-order valence-electron chi connectivity index (χ1n) is 9.60. The van der Waals surface area contributed by atoms with Crippen LogP contribution in [0.1, 0.15) is 42.1 Å². The third-order valence-corrected chi connectivity index (χ3v) is 7.05. The Bertz CT molecular complexity index is 969. The van der Waals surface area contributed by atoms with Crippen molar-refractivity contribution in [1.29, 1.82) is 0 Å². The number of nitrogens with one attached hydrogen (secondary N) is 1. The second-order valence-corrected chi connectivity index (χ2v) is 9.77. The molecule has 3 aromatic rings. The van der Waals surface area contributed by atoms with Crippen LogP contribution in [0.4, 0.5) is 0 Å². The van der Waals surface area contributed by atoms with Crippen molar-refractivity contribution in [3.63, 3.8) is 0 Å². The van der Waals surface area contributed by atoms with Crippen LogP contribution in [0.25, 0.3) is 10.2 Å². The van der Waals surface area contributed by atoms with E-state index in [-0.39, 0.29) is 17.2 Å². The first kappa shape index (κ1) is 20.8. The summed E-state index contributed by atoms with van der Waals surface area (Å²) in [6, 6.07) is 10.5. The van der Waals surface area contributed by atoms with E-state index in [1.54, 1.807) is 11.3 Å². The minimum absolute atomic E-state index is 0.0552. The van der Waals surface area contributed by atoms with Crippen LogP contribution in [0.2, 0.25) is 0 Å². The van der Waals surface area contributed by atoms with Crippen molar-refractivity contribution in [2.24, 2.45) is 0 Å². The van der Waals surface area contributed by atoms with Crippen LogP contribution < -0.4 is 5.32 Å². The summed E-state index contributed by atoms with van der Waals surface area (Å²) in [5.41, 5.74) is 2.51. The highest BCUT2D eigenvalue weighted by atomic mass is 32.2. The Kier molecular flexibility index (Phi) is 6.73. The smallest absolute Gasteiger partial charge is 0.233 e. The van der Waals surface area contributed by atoms with E-state index in [1.165, 1.54) is 27.8 Å². The average molecular weight is 414 g/mol. The molecule has 0 saturated carbocycles. The predicted octanol–water partition coefficient (Wildman–Crippen LogP) is 5.23. The molecule has 148 valence electrons. The van der Waals surface area contributed by atoms with Gasteiger partial charge < -0.3 is 5.32 Å². The first-order valence-corrected chi connectivity index (χ1v) is 11.3. The molecule has 1 amide bonds. The number of benzene rings is 1. The van der Waals surface area contributed by atoms with E-state index in [0.29, 0.717) is 0 Å². The van der Waals surface area contributed by atoms with Crippen molar-refractivity contribution in [2.45, 2.75) is 63.8 Å². The number of nitrogens with zero attached hydrogens (tertiary/aromatic N) is 2. The summed E-state index contributed by atoms with van der Waals surface area (Å²) in [6.45, 7) is 10.1. The summed E-state index contributed by atoms with van der Waals surface area (Å²) in [5.74, 6) is 0.805. The molecular weight excluding hydrogens is 386 g/mol. The molecule has 0 saturated heterocycles. The molecule has 2 atom stereocenters. The van der Waals surface area contributed by atoms with Crippen LogP contribution in [-0.2, 0) is 11.2 Å². The van der Waals surface area contributed by atoms with Crippen LogP contribution in [0.5, 0.6) is 0 Å². The van der Waals surface area contributed by atoms with Crippen molar-refractivity contribution < 1.29 is 4.79 Å². The molecule has 2 heterocycles. The van der Waals surface area contributed by atoms with Gasteiger partial charge in [-0.25, -0.2) is 9.97 Å². The number of carbonyl (C=O) groups excluding carboxylic acids is 1. The lowest BCUT2D eigenvalue weighted by Gasteiger charge is -2.17. The van der Waals surface area contributed by atoms with E-state index in [9.17, 15) is 4.79 Å². The average Bonchev–Trinajstić information content (AvgIpc) is 2.94. The Hall–Kier alpha value is -1.92. The molecule has 0 spiro atoms. The van der Waals surface area contributed by atoms with Crippen molar-refractivity contribution in [3.8, 4) is 0 Å². The number of carbonyl (C=O) groups is 1. The highest BCUT2D eigenvalue weighted by Gasteiger charge is 2.21. The summed E-state index contributed by atoms with van der Waals surface area (Å²) in [5, 5.41) is 4.94. The molecule has 4 nitrogen and oxygen atoms in total. The first-order chi connectivity index (χ1) is 13.3. The zero-order valence-electron chi connectivity index (χ0n) is 17.1. The Labute approximate surface area is 175 Å². The predicted molar refractivity (Wildman–Crippen MR) is 119 cm³/mol. The number of fused-ring (bicyclic) bond motifs is 1. The molecule has 1 aromatic carbocycles. The van der Waals surface area contributed by atoms with Gasteiger partial charge in [-0.05, 0) is 58.6 Å². The SMILES string of the molecule is Cc1nc(S[C@@H](C)C(=O)N[C@@H](C)CCc2ccccc2)c2c(C)c(C)sc2n1. The van der Waals surface area contributed by atoms with Gasteiger partial charge in [0.15, 0.2) is 0 Å². The standard InChI is InChI=1S/C22H27N3OS2/c1-13(11-12-18-9-7-6-8-10-18)23-20(26)16(4)28-22-19-14(2)15(3)27-21(19)24-17(5)25-22/h6-10,13,16H,11-12H2,1-5H3,(H,23,26)/t13-,16-/m0/s1. The molecule has 2 aromatic heterocycles. The number of hydrogen-bond acceptors (Lipinski definition) is 5.